The minimum atomic E-state index is -1.28. The van der Waals surface area contributed by atoms with Crippen LogP contribution in [0.25, 0.3) is 0 Å². The third kappa shape index (κ3) is 4.96. The molecule has 0 aromatic heterocycles. The zero-order chi connectivity index (χ0) is 13.1. The molecular weight excluding hydrogens is 221 g/mol. The first-order chi connectivity index (χ1) is 7.79. The zero-order valence-corrected chi connectivity index (χ0v) is 10.8. The minimum Gasteiger partial charge on any atom is -0.444 e. The van der Waals surface area contributed by atoms with Crippen molar-refractivity contribution in [1.82, 2.24) is 4.90 Å². The molecule has 0 aliphatic carbocycles. The van der Waals surface area contributed by atoms with Gasteiger partial charge in [-0.2, -0.15) is 0 Å². The molecule has 1 amide bonds. The SMILES string of the molecule is CC(C)(C)OC(=O)N1CCCC(B(O)O)CC1. The summed E-state index contributed by atoms with van der Waals surface area (Å²) in [7, 11) is -1.28. The van der Waals surface area contributed by atoms with Gasteiger partial charge in [-0.15, -0.1) is 0 Å². The average molecular weight is 243 g/mol. The van der Waals surface area contributed by atoms with E-state index in [-0.39, 0.29) is 11.9 Å². The molecule has 2 N–H and O–H groups in total. The second-order valence-corrected chi connectivity index (χ2v) is 5.57. The molecule has 1 saturated heterocycles. The first-order valence-corrected chi connectivity index (χ1v) is 6.13. The molecule has 0 spiro atoms. The zero-order valence-electron chi connectivity index (χ0n) is 10.8. The van der Waals surface area contributed by atoms with E-state index >= 15 is 0 Å². The van der Waals surface area contributed by atoms with Gasteiger partial charge in [0.25, 0.3) is 0 Å². The summed E-state index contributed by atoms with van der Waals surface area (Å²) in [6, 6.07) is 0. The summed E-state index contributed by atoms with van der Waals surface area (Å²) in [5.41, 5.74) is -0.487. The van der Waals surface area contributed by atoms with E-state index in [1.807, 2.05) is 20.8 Å². The first-order valence-electron chi connectivity index (χ1n) is 6.13. The van der Waals surface area contributed by atoms with Gasteiger partial charge in [0.1, 0.15) is 5.60 Å². The quantitative estimate of drug-likeness (QED) is 0.680. The number of ether oxygens (including phenoxy) is 1. The van der Waals surface area contributed by atoms with Crippen LogP contribution in [0.1, 0.15) is 40.0 Å². The van der Waals surface area contributed by atoms with E-state index < -0.39 is 12.7 Å². The Morgan fingerprint density at radius 3 is 2.47 bits per heavy atom. The largest absolute Gasteiger partial charge is 0.454 e. The highest BCUT2D eigenvalue weighted by atomic mass is 16.6. The van der Waals surface area contributed by atoms with Gasteiger partial charge in [-0.3, -0.25) is 0 Å². The van der Waals surface area contributed by atoms with Crippen molar-refractivity contribution in [3.05, 3.63) is 0 Å². The predicted molar refractivity (Wildman–Crippen MR) is 65.6 cm³/mol. The van der Waals surface area contributed by atoms with Crippen molar-refractivity contribution < 1.29 is 19.6 Å². The summed E-state index contributed by atoms with van der Waals surface area (Å²) in [4.78, 5) is 13.5. The summed E-state index contributed by atoms with van der Waals surface area (Å²) < 4.78 is 5.29. The van der Waals surface area contributed by atoms with Gasteiger partial charge in [0.05, 0.1) is 0 Å². The summed E-state index contributed by atoms with van der Waals surface area (Å²) in [6.45, 7) is 6.66. The Hall–Kier alpha value is -0.745. The van der Waals surface area contributed by atoms with Gasteiger partial charge < -0.3 is 19.7 Å². The number of carbonyl (C=O) groups excluding carboxylic acids is 1. The first kappa shape index (κ1) is 14.3. The molecule has 1 aliphatic rings. The average Bonchev–Trinajstić information content (AvgIpc) is 2.39. The Labute approximate surface area is 103 Å². The van der Waals surface area contributed by atoms with Crippen molar-refractivity contribution in [2.45, 2.75) is 51.5 Å². The standard InChI is InChI=1S/C11H22BNO4/c1-11(2,3)17-10(14)13-7-4-5-9(6-8-13)12(15)16/h9,15-16H,4-8H2,1-3H3. The molecular formula is C11H22BNO4. The second kappa shape index (κ2) is 5.73. The molecule has 0 bridgehead atoms. The molecule has 1 unspecified atom stereocenters. The number of hydrogen-bond acceptors (Lipinski definition) is 4. The highest BCUT2D eigenvalue weighted by Gasteiger charge is 2.29. The maximum Gasteiger partial charge on any atom is 0.454 e. The molecule has 1 heterocycles. The van der Waals surface area contributed by atoms with Crippen LogP contribution in [-0.4, -0.2) is 46.9 Å². The Morgan fingerprint density at radius 1 is 1.29 bits per heavy atom. The van der Waals surface area contributed by atoms with Crippen LogP contribution in [0.2, 0.25) is 5.82 Å². The summed E-state index contributed by atoms with van der Waals surface area (Å²) in [5.74, 6) is -0.137. The van der Waals surface area contributed by atoms with Crippen LogP contribution in [0.5, 0.6) is 0 Å². The van der Waals surface area contributed by atoms with Crippen LogP contribution in [-0.2, 0) is 4.74 Å². The topological polar surface area (TPSA) is 70.0 Å². The fourth-order valence-electron chi connectivity index (χ4n) is 1.93. The molecule has 0 radical (unpaired) electrons. The molecule has 5 nitrogen and oxygen atoms in total. The monoisotopic (exact) mass is 243 g/mol. The fourth-order valence-corrected chi connectivity index (χ4v) is 1.93. The summed E-state index contributed by atoms with van der Waals surface area (Å²) >= 11 is 0. The van der Waals surface area contributed by atoms with Crippen molar-refractivity contribution in [3.63, 3.8) is 0 Å². The van der Waals surface area contributed by atoms with Crippen LogP contribution in [0, 0.1) is 0 Å². The van der Waals surface area contributed by atoms with Crippen LogP contribution in [0.4, 0.5) is 4.79 Å². The molecule has 6 heteroatoms. The van der Waals surface area contributed by atoms with Gasteiger partial charge >= 0.3 is 13.2 Å². The molecule has 1 rings (SSSR count). The van der Waals surface area contributed by atoms with E-state index in [0.29, 0.717) is 19.5 Å². The van der Waals surface area contributed by atoms with Gasteiger partial charge in [-0.25, -0.2) is 4.79 Å². The Balaban J connectivity index is 2.48. The van der Waals surface area contributed by atoms with E-state index in [4.69, 9.17) is 14.8 Å². The molecule has 0 aromatic rings. The number of hydrogen-bond donors (Lipinski definition) is 2. The fraction of sp³-hybridized carbons (Fsp3) is 0.909. The van der Waals surface area contributed by atoms with Crippen molar-refractivity contribution in [2.24, 2.45) is 0 Å². The molecule has 17 heavy (non-hydrogen) atoms. The molecule has 0 saturated carbocycles. The second-order valence-electron chi connectivity index (χ2n) is 5.57. The highest BCUT2D eigenvalue weighted by Crippen LogP contribution is 2.24. The number of carbonyl (C=O) groups is 1. The number of nitrogens with zero attached hydrogens (tertiary/aromatic N) is 1. The molecule has 1 fully saturated rings. The van der Waals surface area contributed by atoms with E-state index in [1.54, 1.807) is 4.90 Å². The molecule has 1 atom stereocenters. The van der Waals surface area contributed by atoms with E-state index in [1.165, 1.54) is 0 Å². The van der Waals surface area contributed by atoms with Crippen molar-refractivity contribution >= 4 is 13.2 Å². The maximum absolute atomic E-state index is 11.8. The molecule has 98 valence electrons. The summed E-state index contributed by atoms with van der Waals surface area (Å²) in [6.07, 6.45) is 1.81. The molecule has 0 aromatic carbocycles. The third-order valence-corrected chi connectivity index (χ3v) is 2.85. The van der Waals surface area contributed by atoms with Crippen molar-refractivity contribution in [1.29, 1.82) is 0 Å². The van der Waals surface area contributed by atoms with E-state index in [0.717, 1.165) is 12.8 Å². The van der Waals surface area contributed by atoms with Gasteiger partial charge in [-0.05, 0) is 39.4 Å². The van der Waals surface area contributed by atoms with Crippen molar-refractivity contribution in [3.8, 4) is 0 Å². The van der Waals surface area contributed by atoms with E-state index in [2.05, 4.69) is 0 Å². The number of amides is 1. The minimum absolute atomic E-state index is 0.137. The van der Waals surface area contributed by atoms with Crippen LogP contribution >= 0.6 is 0 Å². The lowest BCUT2D eigenvalue weighted by Gasteiger charge is -2.26. The van der Waals surface area contributed by atoms with Gasteiger partial charge in [0.15, 0.2) is 0 Å². The number of likely N-dealkylation sites (tertiary alicyclic amines) is 1. The van der Waals surface area contributed by atoms with Gasteiger partial charge in [0.2, 0.25) is 0 Å². The predicted octanol–water partition coefficient (Wildman–Crippen LogP) is 1.25. The van der Waals surface area contributed by atoms with Crippen molar-refractivity contribution in [2.75, 3.05) is 13.1 Å². The lowest BCUT2D eigenvalue weighted by Crippen LogP contribution is -2.37. The lowest BCUT2D eigenvalue weighted by atomic mass is 9.69. The Bertz CT molecular complexity index is 265. The van der Waals surface area contributed by atoms with Gasteiger partial charge in [-0.1, -0.05) is 6.42 Å². The summed E-state index contributed by atoms with van der Waals surface area (Å²) in [5, 5.41) is 18.3. The Kier molecular flexibility index (Phi) is 4.83. The maximum atomic E-state index is 11.8. The number of rotatable bonds is 1. The van der Waals surface area contributed by atoms with E-state index in [9.17, 15) is 4.79 Å². The highest BCUT2D eigenvalue weighted by molar-refractivity contribution is 6.43. The molecule has 1 aliphatic heterocycles. The van der Waals surface area contributed by atoms with Crippen LogP contribution in [0.15, 0.2) is 0 Å². The lowest BCUT2D eigenvalue weighted by molar-refractivity contribution is 0.0256. The van der Waals surface area contributed by atoms with Crippen LogP contribution in [0.3, 0.4) is 0 Å². The van der Waals surface area contributed by atoms with Crippen LogP contribution < -0.4 is 0 Å². The normalized spacial score (nSPS) is 21.9. The van der Waals surface area contributed by atoms with Gasteiger partial charge in [0, 0.05) is 13.1 Å². The smallest absolute Gasteiger partial charge is 0.444 e. The Morgan fingerprint density at radius 2 is 1.94 bits per heavy atom. The third-order valence-electron chi connectivity index (χ3n) is 2.85.